The van der Waals surface area contributed by atoms with Gasteiger partial charge in [0, 0.05) is 23.1 Å². The van der Waals surface area contributed by atoms with Crippen molar-refractivity contribution in [3.8, 4) is 0 Å². The lowest BCUT2D eigenvalue weighted by atomic mass is 10.2. The number of anilines is 1. The third-order valence-corrected chi connectivity index (χ3v) is 4.47. The number of hydrogen-bond donors (Lipinski definition) is 3. The van der Waals surface area contributed by atoms with Crippen LogP contribution in [0.2, 0.25) is 0 Å². The van der Waals surface area contributed by atoms with Gasteiger partial charge in [0.1, 0.15) is 5.82 Å². The zero-order valence-electron chi connectivity index (χ0n) is 14.1. The lowest BCUT2D eigenvalue weighted by molar-refractivity contribution is -0.119. The Kier molecular flexibility index (Phi) is 5.71. The van der Waals surface area contributed by atoms with Crippen LogP contribution < -0.4 is 10.6 Å². The molecule has 0 fully saturated rings. The highest BCUT2D eigenvalue weighted by Crippen LogP contribution is 2.19. The van der Waals surface area contributed by atoms with Gasteiger partial charge in [-0.15, -0.1) is 0 Å². The second-order valence-corrected chi connectivity index (χ2v) is 6.88. The summed E-state index contributed by atoms with van der Waals surface area (Å²) in [4.78, 5) is 19.8. The summed E-state index contributed by atoms with van der Waals surface area (Å²) in [6, 6.07) is 13.9. The van der Waals surface area contributed by atoms with E-state index in [-0.39, 0.29) is 12.5 Å². The first-order chi connectivity index (χ1) is 12.1. The van der Waals surface area contributed by atoms with E-state index in [2.05, 4.69) is 36.5 Å². The number of aromatic amines is 1. The van der Waals surface area contributed by atoms with E-state index in [0.717, 1.165) is 45.4 Å². The minimum Gasteiger partial charge on any atom is -0.376 e. The van der Waals surface area contributed by atoms with Gasteiger partial charge in [-0.3, -0.25) is 4.79 Å². The predicted octanol–water partition coefficient (Wildman–Crippen LogP) is 3.79. The zero-order chi connectivity index (χ0) is 17.6. The van der Waals surface area contributed by atoms with E-state index in [4.69, 9.17) is 0 Å². The van der Waals surface area contributed by atoms with Crippen molar-refractivity contribution in [2.45, 2.75) is 19.8 Å². The molecule has 5 nitrogen and oxygen atoms in total. The van der Waals surface area contributed by atoms with Gasteiger partial charge in [0.2, 0.25) is 5.91 Å². The summed E-state index contributed by atoms with van der Waals surface area (Å²) in [7, 11) is 0. The third-order valence-electron chi connectivity index (χ3n) is 3.98. The van der Waals surface area contributed by atoms with Crippen LogP contribution in [0.3, 0.4) is 0 Å². The van der Waals surface area contributed by atoms with Gasteiger partial charge in [0.25, 0.3) is 0 Å². The van der Waals surface area contributed by atoms with Crippen molar-refractivity contribution in [2.75, 3.05) is 18.4 Å². The molecule has 2 aromatic carbocycles. The Morgan fingerprint density at radius 3 is 2.88 bits per heavy atom. The molecule has 1 amide bonds. The number of nitrogens with zero attached hydrogens (tertiary/aromatic N) is 1. The van der Waals surface area contributed by atoms with Crippen LogP contribution in [0.4, 0.5) is 5.69 Å². The molecular weight excluding hydrogens is 380 g/mol. The molecule has 0 saturated carbocycles. The standard InChI is InChI=1S/C19H21BrN4O/c1-13-11-14(20)8-9-15(13)22-12-19(25)21-10-4-7-18-23-16-5-2-3-6-17(16)24-18/h2-3,5-6,8-9,11,22H,4,7,10,12H2,1H3,(H,21,25)(H,23,24). The average Bonchev–Trinajstić information content (AvgIpc) is 3.01. The van der Waals surface area contributed by atoms with E-state index in [9.17, 15) is 4.79 Å². The van der Waals surface area contributed by atoms with Crippen LogP contribution >= 0.6 is 15.9 Å². The number of carbonyl (C=O) groups is 1. The molecule has 6 heteroatoms. The fraction of sp³-hybridized carbons (Fsp3) is 0.263. The molecule has 0 aliphatic rings. The van der Waals surface area contributed by atoms with Gasteiger partial charge in [0.15, 0.2) is 0 Å². The van der Waals surface area contributed by atoms with E-state index in [1.807, 2.05) is 49.4 Å². The Hall–Kier alpha value is -2.34. The van der Waals surface area contributed by atoms with Crippen molar-refractivity contribution in [1.29, 1.82) is 0 Å². The lowest BCUT2D eigenvalue weighted by Crippen LogP contribution is -2.31. The third kappa shape index (κ3) is 4.82. The molecule has 0 saturated heterocycles. The Labute approximate surface area is 155 Å². The van der Waals surface area contributed by atoms with E-state index >= 15 is 0 Å². The number of hydrogen-bond acceptors (Lipinski definition) is 3. The van der Waals surface area contributed by atoms with Crippen LogP contribution in [0.5, 0.6) is 0 Å². The minimum absolute atomic E-state index is 0.00748. The Morgan fingerprint density at radius 2 is 2.08 bits per heavy atom. The monoisotopic (exact) mass is 400 g/mol. The van der Waals surface area contributed by atoms with Crippen molar-refractivity contribution in [3.05, 3.63) is 58.3 Å². The molecule has 0 aliphatic heterocycles. The first-order valence-corrected chi connectivity index (χ1v) is 9.11. The lowest BCUT2D eigenvalue weighted by Gasteiger charge is -2.10. The fourth-order valence-corrected chi connectivity index (χ4v) is 3.15. The molecule has 0 unspecified atom stereocenters. The van der Waals surface area contributed by atoms with Gasteiger partial charge >= 0.3 is 0 Å². The number of carbonyl (C=O) groups excluding carboxylic acids is 1. The predicted molar refractivity (Wildman–Crippen MR) is 105 cm³/mol. The molecule has 0 atom stereocenters. The summed E-state index contributed by atoms with van der Waals surface area (Å²) in [5.74, 6) is 0.950. The topological polar surface area (TPSA) is 69.8 Å². The van der Waals surface area contributed by atoms with E-state index < -0.39 is 0 Å². The van der Waals surface area contributed by atoms with E-state index in [1.54, 1.807) is 0 Å². The summed E-state index contributed by atoms with van der Waals surface area (Å²) in [6.45, 7) is 2.92. The van der Waals surface area contributed by atoms with E-state index in [1.165, 1.54) is 0 Å². The maximum atomic E-state index is 11.9. The number of nitrogens with one attached hydrogen (secondary N) is 3. The van der Waals surface area contributed by atoms with Gasteiger partial charge in [-0.2, -0.15) is 0 Å². The van der Waals surface area contributed by atoms with Crippen molar-refractivity contribution in [1.82, 2.24) is 15.3 Å². The van der Waals surface area contributed by atoms with Crippen LogP contribution in [0.1, 0.15) is 17.8 Å². The van der Waals surface area contributed by atoms with Crippen LogP contribution in [-0.2, 0) is 11.2 Å². The molecule has 3 N–H and O–H groups in total. The SMILES string of the molecule is Cc1cc(Br)ccc1NCC(=O)NCCCc1nc2ccccc2[nH]1. The van der Waals surface area contributed by atoms with Gasteiger partial charge in [-0.1, -0.05) is 28.1 Å². The number of H-pyrrole nitrogens is 1. The number of aromatic nitrogens is 2. The number of amides is 1. The normalized spacial score (nSPS) is 10.8. The number of fused-ring (bicyclic) bond motifs is 1. The number of rotatable bonds is 7. The van der Waals surface area contributed by atoms with Gasteiger partial charge in [0.05, 0.1) is 17.6 Å². The molecule has 25 heavy (non-hydrogen) atoms. The first-order valence-electron chi connectivity index (χ1n) is 8.32. The molecule has 3 aromatic rings. The van der Waals surface area contributed by atoms with Crippen molar-refractivity contribution in [3.63, 3.8) is 0 Å². The molecule has 1 aromatic heterocycles. The van der Waals surface area contributed by atoms with Crippen molar-refractivity contribution in [2.24, 2.45) is 0 Å². The maximum absolute atomic E-state index is 11.9. The summed E-state index contributed by atoms with van der Waals surface area (Å²) < 4.78 is 1.03. The second-order valence-electron chi connectivity index (χ2n) is 5.97. The largest absolute Gasteiger partial charge is 0.376 e. The van der Waals surface area contributed by atoms with Gasteiger partial charge < -0.3 is 15.6 Å². The smallest absolute Gasteiger partial charge is 0.239 e. The molecule has 0 radical (unpaired) electrons. The maximum Gasteiger partial charge on any atom is 0.239 e. The number of halogens is 1. The first kappa shape index (κ1) is 17.5. The van der Waals surface area contributed by atoms with Crippen LogP contribution in [0.25, 0.3) is 11.0 Å². The number of benzene rings is 2. The summed E-state index contributed by atoms with van der Waals surface area (Å²) in [5.41, 5.74) is 4.11. The Morgan fingerprint density at radius 1 is 1.24 bits per heavy atom. The summed E-state index contributed by atoms with van der Waals surface area (Å²) >= 11 is 3.43. The van der Waals surface area contributed by atoms with Crippen molar-refractivity contribution < 1.29 is 4.79 Å². The molecular formula is C19H21BrN4O. The van der Waals surface area contributed by atoms with Crippen LogP contribution in [0, 0.1) is 6.92 Å². The minimum atomic E-state index is -0.00748. The zero-order valence-corrected chi connectivity index (χ0v) is 15.7. The number of aryl methyl sites for hydroxylation is 2. The highest BCUT2D eigenvalue weighted by molar-refractivity contribution is 9.10. The second kappa shape index (κ2) is 8.16. The van der Waals surface area contributed by atoms with Crippen LogP contribution in [-0.4, -0.2) is 29.0 Å². The Bertz CT molecular complexity index is 842. The summed E-state index contributed by atoms with van der Waals surface area (Å²) in [5, 5.41) is 6.10. The van der Waals surface area contributed by atoms with Gasteiger partial charge in [-0.05, 0) is 49.2 Å². The number of imidazole rings is 1. The molecule has 130 valence electrons. The fourth-order valence-electron chi connectivity index (χ4n) is 2.67. The van der Waals surface area contributed by atoms with E-state index in [0.29, 0.717) is 6.54 Å². The van der Waals surface area contributed by atoms with Crippen LogP contribution in [0.15, 0.2) is 46.9 Å². The van der Waals surface area contributed by atoms with Gasteiger partial charge in [-0.25, -0.2) is 4.98 Å². The highest BCUT2D eigenvalue weighted by atomic mass is 79.9. The summed E-state index contributed by atoms with van der Waals surface area (Å²) in [6.07, 6.45) is 1.66. The highest BCUT2D eigenvalue weighted by Gasteiger charge is 2.05. The quantitative estimate of drug-likeness (QED) is 0.528. The molecule has 0 aliphatic carbocycles. The molecule has 0 bridgehead atoms. The Balaban J connectivity index is 1.39. The molecule has 1 heterocycles. The number of para-hydroxylation sites is 2. The van der Waals surface area contributed by atoms with Crippen molar-refractivity contribution >= 4 is 38.6 Å². The average molecular weight is 401 g/mol. The molecule has 3 rings (SSSR count). The molecule has 0 spiro atoms.